The molecule has 0 atom stereocenters. The minimum atomic E-state index is 0.288. The van der Waals surface area contributed by atoms with Crippen LogP contribution in [-0.2, 0) is 0 Å². The van der Waals surface area contributed by atoms with Gasteiger partial charge in [0.25, 0.3) is 0 Å². The van der Waals surface area contributed by atoms with Gasteiger partial charge in [0.1, 0.15) is 16.5 Å². The van der Waals surface area contributed by atoms with Crippen molar-refractivity contribution in [3.05, 3.63) is 64.8 Å². The summed E-state index contributed by atoms with van der Waals surface area (Å²) < 4.78 is 6.73. The molecule has 5 heteroatoms. The van der Waals surface area contributed by atoms with Gasteiger partial charge in [0.05, 0.1) is 11.1 Å². The van der Waals surface area contributed by atoms with Gasteiger partial charge in [-0.15, -0.1) is 0 Å². The van der Waals surface area contributed by atoms with E-state index in [2.05, 4.69) is 20.9 Å². The van der Waals surface area contributed by atoms with E-state index >= 15 is 0 Å². The Bertz CT molecular complexity index is 835. The van der Waals surface area contributed by atoms with Gasteiger partial charge in [-0.2, -0.15) is 0 Å². The molecule has 0 saturated carbocycles. The second-order valence-corrected chi connectivity index (χ2v) is 5.73. The molecule has 0 bridgehead atoms. The van der Waals surface area contributed by atoms with Gasteiger partial charge in [0.15, 0.2) is 0 Å². The molecule has 3 rings (SSSR count). The quantitative estimate of drug-likeness (QED) is 0.703. The minimum absolute atomic E-state index is 0.288. The molecule has 0 radical (unpaired) electrons. The molecule has 3 nitrogen and oxygen atoms in total. The molecule has 0 saturated heterocycles. The third kappa shape index (κ3) is 2.89. The molecule has 0 amide bonds. The molecule has 0 unspecified atom stereocenters. The summed E-state index contributed by atoms with van der Waals surface area (Å²) >= 11 is 8.53. The summed E-state index contributed by atoms with van der Waals surface area (Å²) in [5.74, 6) is 1.31. The number of pyridine rings is 1. The van der Waals surface area contributed by atoms with Crippen LogP contribution >= 0.6 is 28.1 Å². The monoisotopic (exact) mass is 358 g/mol. The van der Waals surface area contributed by atoms with Crippen LogP contribution in [0.2, 0.25) is 0 Å². The number of hydrogen-bond acceptors (Lipinski definition) is 3. The van der Waals surface area contributed by atoms with Gasteiger partial charge < -0.3 is 10.5 Å². The van der Waals surface area contributed by atoms with Crippen molar-refractivity contribution in [3.63, 3.8) is 0 Å². The highest BCUT2D eigenvalue weighted by Crippen LogP contribution is 2.31. The molecule has 3 aromatic rings. The van der Waals surface area contributed by atoms with E-state index < -0.39 is 0 Å². The standard InChI is InChI=1S/C16H11BrN2OS/c17-12-4-1-5-14(15(12)16(18)21)20-11-7-6-10-3-2-8-19-13(10)9-11/h1-9H,(H2,18,21). The predicted octanol–water partition coefficient (Wildman–Crippen LogP) is 4.42. The summed E-state index contributed by atoms with van der Waals surface area (Å²) in [6.07, 6.45) is 1.76. The lowest BCUT2D eigenvalue weighted by atomic mass is 10.2. The van der Waals surface area contributed by atoms with E-state index in [1.54, 1.807) is 6.20 Å². The first-order chi connectivity index (χ1) is 10.1. The smallest absolute Gasteiger partial charge is 0.138 e. The van der Waals surface area contributed by atoms with Crippen molar-refractivity contribution in [2.24, 2.45) is 5.73 Å². The van der Waals surface area contributed by atoms with E-state index in [4.69, 9.17) is 22.7 Å². The highest BCUT2D eigenvalue weighted by Gasteiger charge is 2.11. The zero-order chi connectivity index (χ0) is 14.8. The van der Waals surface area contributed by atoms with Crippen molar-refractivity contribution in [2.75, 3.05) is 0 Å². The van der Waals surface area contributed by atoms with Crippen molar-refractivity contribution in [1.82, 2.24) is 4.98 Å². The molecule has 0 aliphatic heterocycles. The number of rotatable bonds is 3. The van der Waals surface area contributed by atoms with Crippen LogP contribution in [0.5, 0.6) is 11.5 Å². The Morgan fingerprint density at radius 1 is 1.14 bits per heavy atom. The number of nitrogens with zero attached hydrogens (tertiary/aromatic N) is 1. The fourth-order valence-electron chi connectivity index (χ4n) is 2.07. The second kappa shape index (κ2) is 5.79. The number of nitrogens with two attached hydrogens (primary N) is 1. The third-order valence-electron chi connectivity index (χ3n) is 3.03. The van der Waals surface area contributed by atoms with E-state index in [9.17, 15) is 0 Å². The molecular formula is C16H11BrN2OS. The number of halogens is 1. The maximum absolute atomic E-state index is 5.92. The van der Waals surface area contributed by atoms with Crippen LogP contribution in [0.4, 0.5) is 0 Å². The fraction of sp³-hybridized carbons (Fsp3) is 0. The lowest BCUT2D eigenvalue weighted by Crippen LogP contribution is -2.11. The largest absolute Gasteiger partial charge is 0.457 e. The summed E-state index contributed by atoms with van der Waals surface area (Å²) in [6, 6.07) is 15.3. The maximum atomic E-state index is 5.92. The Labute approximate surface area is 135 Å². The molecule has 104 valence electrons. The van der Waals surface area contributed by atoms with Crippen LogP contribution in [0.25, 0.3) is 10.9 Å². The Kier molecular flexibility index (Phi) is 3.86. The van der Waals surface area contributed by atoms with Crippen LogP contribution in [-0.4, -0.2) is 9.97 Å². The first-order valence-electron chi connectivity index (χ1n) is 6.26. The number of hydrogen-bond donors (Lipinski definition) is 1. The van der Waals surface area contributed by atoms with Gasteiger partial charge >= 0.3 is 0 Å². The molecule has 21 heavy (non-hydrogen) atoms. The van der Waals surface area contributed by atoms with E-state index in [1.807, 2.05) is 48.5 Å². The van der Waals surface area contributed by atoms with E-state index in [1.165, 1.54) is 0 Å². The summed E-state index contributed by atoms with van der Waals surface area (Å²) in [5, 5.41) is 1.06. The molecule has 0 aliphatic carbocycles. The Morgan fingerprint density at radius 3 is 2.81 bits per heavy atom. The average Bonchev–Trinajstić information content (AvgIpc) is 2.47. The van der Waals surface area contributed by atoms with Gasteiger partial charge in [-0.05, 0) is 46.3 Å². The Morgan fingerprint density at radius 2 is 2.00 bits per heavy atom. The van der Waals surface area contributed by atoms with Gasteiger partial charge in [-0.25, -0.2) is 0 Å². The molecule has 1 aromatic heterocycles. The third-order valence-corrected chi connectivity index (χ3v) is 3.89. The van der Waals surface area contributed by atoms with Crippen LogP contribution in [0.15, 0.2) is 59.2 Å². The molecular weight excluding hydrogens is 348 g/mol. The summed E-state index contributed by atoms with van der Waals surface area (Å²) in [7, 11) is 0. The first-order valence-corrected chi connectivity index (χ1v) is 7.46. The Hall–Kier alpha value is -1.98. The number of thiocarbonyl (C=S) groups is 1. The number of benzene rings is 2. The molecule has 2 aromatic carbocycles. The molecule has 2 N–H and O–H groups in total. The van der Waals surface area contributed by atoms with Crippen LogP contribution in [0.3, 0.4) is 0 Å². The van der Waals surface area contributed by atoms with Crippen LogP contribution < -0.4 is 10.5 Å². The van der Waals surface area contributed by atoms with Crippen molar-refractivity contribution >= 4 is 44.0 Å². The SMILES string of the molecule is NC(=S)c1c(Br)cccc1Oc1ccc2cccnc2c1. The normalized spacial score (nSPS) is 10.5. The van der Waals surface area contributed by atoms with Crippen LogP contribution in [0.1, 0.15) is 5.56 Å². The second-order valence-electron chi connectivity index (χ2n) is 4.44. The predicted molar refractivity (Wildman–Crippen MR) is 91.8 cm³/mol. The highest BCUT2D eigenvalue weighted by molar-refractivity contribution is 9.10. The number of aromatic nitrogens is 1. The molecule has 1 heterocycles. The fourth-order valence-corrected chi connectivity index (χ4v) is 2.97. The van der Waals surface area contributed by atoms with E-state index in [-0.39, 0.29) is 4.99 Å². The van der Waals surface area contributed by atoms with Crippen molar-refractivity contribution in [3.8, 4) is 11.5 Å². The average molecular weight is 359 g/mol. The summed E-state index contributed by atoms with van der Waals surface area (Å²) in [5.41, 5.74) is 7.33. The first kappa shape index (κ1) is 14.0. The zero-order valence-electron chi connectivity index (χ0n) is 10.9. The van der Waals surface area contributed by atoms with Gasteiger partial charge in [-0.3, -0.25) is 4.98 Å². The summed E-state index contributed by atoms with van der Waals surface area (Å²) in [4.78, 5) is 4.61. The molecule has 0 spiro atoms. The number of fused-ring (bicyclic) bond motifs is 1. The number of ether oxygens (including phenoxy) is 1. The van der Waals surface area contributed by atoms with Crippen molar-refractivity contribution < 1.29 is 4.74 Å². The zero-order valence-corrected chi connectivity index (χ0v) is 13.3. The van der Waals surface area contributed by atoms with E-state index in [0.29, 0.717) is 17.1 Å². The summed E-state index contributed by atoms with van der Waals surface area (Å²) in [6.45, 7) is 0. The van der Waals surface area contributed by atoms with E-state index in [0.717, 1.165) is 15.4 Å². The lowest BCUT2D eigenvalue weighted by Gasteiger charge is -2.12. The Balaban J connectivity index is 2.02. The minimum Gasteiger partial charge on any atom is -0.457 e. The van der Waals surface area contributed by atoms with Gasteiger partial charge in [-0.1, -0.05) is 24.4 Å². The van der Waals surface area contributed by atoms with Gasteiger partial charge in [0, 0.05) is 22.1 Å². The van der Waals surface area contributed by atoms with Crippen LogP contribution in [0, 0.1) is 0 Å². The molecule has 0 fully saturated rings. The van der Waals surface area contributed by atoms with Crippen molar-refractivity contribution in [1.29, 1.82) is 0 Å². The highest BCUT2D eigenvalue weighted by atomic mass is 79.9. The lowest BCUT2D eigenvalue weighted by molar-refractivity contribution is 0.482. The topological polar surface area (TPSA) is 48.1 Å². The molecule has 0 aliphatic rings. The maximum Gasteiger partial charge on any atom is 0.138 e. The van der Waals surface area contributed by atoms with Crippen molar-refractivity contribution in [2.45, 2.75) is 0 Å². The van der Waals surface area contributed by atoms with Gasteiger partial charge in [0.2, 0.25) is 0 Å².